The van der Waals surface area contributed by atoms with Gasteiger partial charge in [-0.05, 0) is 25.1 Å². The van der Waals surface area contributed by atoms with Gasteiger partial charge in [-0.25, -0.2) is 0 Å². The Morgan fingerprint density at radius 3 is 2.73 bits per heavy atom. The second-order valence-electron chi connectivity index (χ2n) is 6.17. The highest BCUT2D eigenvalue weighted by molar-refractivity contribution is 5.80. The Morgan fingerprint density at radius 1 is 1.15 bits per heavy atom. The number of ether oxygens (including phenoxy) is 1. The van der Waals surface area contributed by atoms with Crippen LogP contribution < -0.4 is 15.5 Å². The molecule has 0 bridgehead atoms. The SMILES string of the molecule is CCCNC[C@@H](O)COc1ccc2c(=O)cc(-c3ccccc3)oc2c1. The van der Waals surface area contributed by atoms with Crippen LogP contribution in [0.15, 0.2) is 63.8 Å². The minimum Gasteiger partial charge on any atom is -0.491 e. The van der Waals surface area contributed by atoms with Crippen molar-refractivity contribution in [1.29, 1.82) is 0 Å². The van der Waals surface area contributed by atoms with Gasteiger partial charge >= 0.3 is 0 Å². The molecule has 5 heteroatoms. The zero-order valence-electron chi connectivity index (χ0n) is 14.8. The first-order valence-corrected chi connectivity index (χ1v) is 8.82. The van der Waals surface area contributed by atoms with Crippen molar-refractivity contribution in [2.45, 2.75) is 19.4 Å². The summed E-state index contributed by atoms with van der Waals surface area (Å²) in [6.45, 7) is 3.59. The van der Waals surface area contributed by atoms with Gasteiger partial charge in [-0.2, -0.15) is 0 Å². The summed E-state index contributed by atoms with van der Waals surface area (Å²) < 4.78 is 11.5. The summed E-state index contributed by atoms with van der Waals surface area (Å²) in [6.07, 6.45) is 0.418. The standard InChI is InChI=1S/C21H23NO4/c1-2-10-22-13-16(23)14-25-17-8-9-18-19(24)12-20(26-21(18)11-17)15-6-4-3-5-7-15/h3-9,11-12,16,22-23H,2,10,13-14H2,1H3/t16-/m1/s1. The van der Waals surface area contributed by atoms with Gasteiger partial charge in [0, 0.05) is 24.2 Å². The monoisotopic (exact) mass is 353 g/mol. The van der Waals surface area contributed by atoms with E-state index in [1.165, 1.54) is 6.07 Å². The topological polar surface area (TPSA) is 71.7 Å². The number of benzene rings is 2. The third-order valence-electron chi connectivity index (χ3n) is 4.01. The minimum absolute atomic E-state index is 0.0968. The Kier molecular flexibility index (Phi) is 6.04. The first kappa shape index (κ1) is 18.2. The van der Waals surface area contributed by atoms with Gasteiger partial charge in [0.25, 0.3) is 0 Å². The Labute approximate surface area is 152 Å². The van der Waals surface area contributed by atoms with Crippen molar-refractivity contribution in [3.63, 3.8) is 0 Å². The quantitative estimate of drug-likeness (QED) is 0.609. The summed E-state index contributed by atoms with van der Waals surface area (Å²) in [5.74, 6) is 1.07. The lowest BCUT2D eigenvalue weighted by Gasteiger charge is -2.13. The van der Waals surface area contributed by atoms with E-state index in [0.29, 0.717) is 29.0 Å². The lowest BCUT2D eigenvalue weighted by molar-refractivity contribution is 0.106. The molecule has 3 rings (SSSR count). The predicted molar refractivity (Wildman–Crippen MR) is 103 cm³/mol. The molecule has 1 atom stereocenters. The van der Waals surface area contributed by atoms with E-state index in [-0.39, 0.29) is 12.0 Å². The molecule has 0 amide bonds. The van der Waals surface area contributed by atoms with Gasteiger partial charge in [0.2, 0.25) is 0 Å². The fraction of sp³-hybridized carbons (Fsp3) is 0.286. The van der Waals surface area contributed by atoms with Crippen LogP contribution in [-0.2, 0) is 0 Å². The number of rotatable bonds is 8. The van der Waals surface area contributed by atoms with Crippen LogP contribution in [0.3, 0.4) is 0 Å². The van der Waals surface area contributed by atoms with Gasteiger partial charge in [0.1, 0.15) is 29.8 Å². The van der Waals surface area contributed by atoms with Crippen LogP contribution >= 0.6 is 0 Å². The Balaban J connectivity index is 1.78. The molecular weight excluding hydrogens is 330 g/mol. The summed E-state index contributed by atoms with van der Waals surface area (Å²) in [6, 6.07) is 16.1. The van der Waals surface area contributed by atoms with Gasteiger partial charge in [-0.3, -0.25) is 4.79 Å². The van der Waals surface area contributed by atoms with E-state index in [0.717, 1.165) is 18.5 Å². The molecule has 0 saturated heterocycles. The molecule has 0 fully saturated rings. The molecule has 1 heterocycles. The molecule has 0 spiro atoms. The van der Waals surface area contributed by atoms with Crippen LogP contribution in [0.5, 0.6) is 5.75 Å². The molecule has 3 aromatic rings. The molecule has 5 nitrogen and oxygen atoms in total. The molecule has 1 aromatic heterocycles. The van der Waals surface area contributed by atoms with Crippen LogP contribution in [-0.4, -0.2) is 30.9 Å². The minimum atomic E-state index is -0.597. The summed E-state index contributed by atoms with van der Waals surface area (Å²) in [5, 5.41) is 13.6. The van der Waals surface area contributed by atoms with Crippen molar-refractivity contribution in [2.24, 2.45) is 0 Å². The van der Waals surface area contributed by atoms with Crippen molar-refractivity contribution in [2.75, 3.05) is 19.7 Å². The van der Waals surface area contributed by atoms with Crippen molar-refractivity contribution >= 4 is 11.0 Å². The number of nitrogens with one attached hydrogen (secondary N) is 1. The van der Waals surface area contributed by atoms with E-state index >= 15 is 0 Å². The number of hydrogen-bond donors (Lipinski definition) is 2. The maximum absolute atomic E-state index is 12.3. The van der Waals surface area contributed by atoms with E-state index < -0.39 is 6.10 Å². The van der Waals surface area contributed by atoms with E-state index in [1.807, 2.05) is 30.3 Å². The Hall–Kier alpha value is -2.63. The number of aliphatic hydroxyl groups is 1. The molecule has 0 aliphatic rings. The second kappa shape index (κ2) is 8.65. The molecule has 136 valence electrons. The third kappa shape index (κ3) is 4.50. The number of hydrogen-bond acceptors (Lipinski definition) is 5. The highest BCUT2D eigenvalue weighted by Gasteiger charge is 2.09. The van der Waals surface area contributed by atoms with Crippen LogP contribution in [0.25, 0.3) is 22.3 Å². The zero-order valence-corrected chi connectivity index (χ0v) is 14.8. The van der Waals surface area contributed by atoms with E-state index in [4.69, 9.17) is 9.15 Å². The van der Waals surface area contributed by atoms with E-state index in [2.05, 4.69) is 12.2 Å². The second-order valence-corrected chi connectivity index (χ2v) is 6.17. The predicted octanol–water partition coefficient (Wildman–Crippen LogP) is 3.20. The smallest absolute Gasteiger partial charge is 0.193 e. The Bertz CT molecular complexity index is 905. The molecule has 26 heavy (non-hydrogen) atoms. The van der Waals surface area contributed by atoms with Crippen LogP contribution in [0.2, 0.25) is 0 Å². The highest BCUT2D eigenvalue weighted by atomic mass is 16.5. The Morgan fingerprint density at radius 2 is 1.96 bits per heavy atom. The molecule has 0 unspecified atom stereocenters. The number of aliphatic hydroxyl groups excluding tert-OH is 1. The molecular formula is C21H23NO4. The lowest BCUT2D eigenvalue weighted by Crippen LogP contribution is -2.31. The van der Waals surface area contributed by atoms with Gasteiger partial charge < -0.3 is 19.6 Å². The van der Waals surface area contributed by atoms with Gasteiger partial charge in [-0.1, -0.05) is 37.3 Å². The first-order chi connectivity index (χ1) is 12.7. The van der Waals surface area contributed by atoms with Gasteiger partial charge in [-0.15, -0.1) is 0 Å². The van der Waals surface area contributed by atoms with Gasteiger partial charge in [0.05, 0.1) is 5.39 Å². The summed E-state index contributed by atoms with van der Waals surface area (Å²) in [4.78, 5) is 12.3. The lowest BCUT2D eigenvalue weighted by atomic mass is 10.1. The molecule has 2 N–H and O–H groups in total. The average Bonchev–Trinajstić information content (AvgIpc) is 2.67. The normalized spacial score (nSPS) is 12.2. The van der Waals surface area contributed by atoms with Crippen molar-refractivity contribution < 1.29 is 14.3 Å². The molecule has 2 aromatic carbocycles. The van der Waals surface area contributed by atoms with Gasteiger partial charge in [0.15, 0.2) is 5.43 Å². The van der Waals surface area contributed by atoms with Crippen molar-refractivity contribution in [3.8, 4) is 17.1 Å². The van der Waals surface area contributed by atoms with Crippen molar-refractivity contribution in [1.82, 2.24) is 5.32 Å². The van der Waals surface area contributed by atoms with Crippen LogP contribution in [0.1, 0.15) is 13.3 Å². The summed E-state index contributed by atoms with van der Waals surface area (Å²) in [7, 11) is 0. The maximum atomic E-state index is 12.3. The summed E-state index contributed by atoms with van der Waals surface area (Å²) in [5.41, 5.74) is 1.21. The maximum Gasteiger partial charge on any atom is 0.193 e. The van der Waals surface area contributed by atoms with Crippen molar-refractivity contribution in [3.05, 3.63) is 64.8 Å². The third-order valence-corrected chi connectivity index (χ3v) is 4.01. The highest BCUT2D eigenvalue weighted by Crippen LogP contribution is 2.24. The molecule has 0 aliphatic carbocycles. The molecule has 0 aliphatic heterocycles. The van der Waals surface area contributed by atoms with E-state index in [1.54, 1.807) is 18.2 Å². The molecule has 0 radical (unpaired) electrons. The first-order valence-electron chi connectivity index (χ1n) is 8.82. The number of fused-ring (bicyclic) bond motifs is 1. The average molecular weight is 353 g/mol. The van der Waals surface area contributed by atoms with Crippen LogP contribution in [0.4, 0.5) is 0 Å². The fourth-order valence-electron chi connectivity index (χ4n) is 2.67. The van der Waals surface area contributed by atoms with Crippen LogP contribution in [0, 0.1) is 0 Å². The summed E-state index contributed by atoms with van der Waals surface area (Å²) >= 11 is 0. The fourth-order valence-corrected chi connectivity index (χ4v) is 2.67. The molecule has 0 saturated carbocycles. The largest absolute Gasteiger partial charge is 0.491 e. The zero-order chi connectivity index (χ0) is 18.4. The van der Waals surface area contributed by atoms with E-state index in [9.17, 15) is 9.90 Å².